The molecule has 0 aromatic rings. The van der Waals surface area contributed by atoms with Gasteiger partial charge < -0.3 is 14.9 Å². The Bertz CT molecular complexity index is 182. The van der Waals surface area contributed by atoms with Crippen LogP contribution >= 0.6 is 0 Å². The first kappa shape index (κ1) is 12.9. The SMILES string of the molecule is CC(C)CCCCCCCC1(O)OC1O. The van der Waals surface area contributed by atoms with Gasteiger partial charge >= 0.3 is 0 Å². The molecule has 1 saturated heterocycles. The van der Waals surface area contributed by atoms with E-state index in [-0.39, 0.29) is 0 Å². The van der Waals surface area contributed by atoms with Crippen LogP contribution < -0.4 is 0 Å². The lowest BCUT2D eigenvalue weighted by Crippen LogP contribution is -2.13. The zero-order valence-electron chi connectivity index (χ0n) is 9.91. The predicted octanol–water partition coefficient (Wildman–Crippen LogP) is 2.41. The summed E-state index contributed by atoms with van der Waals surface area (Å²) in [7, 11) is 0. The van der Waals surface area contributed by atoms with Crippen molar-refractivity contribution in [2.45, 2.75) is 70.9 Å². The largest absolute Gasteiger partial charge is 0.364 e. The molecule has 2 N–H and O–H groups in total. The molecule has 0 aromatic carbocycles. The van der Waals surface area contributed by atoms with Gasteiger partial charge in [0.2, 0.25) is 12.1 Å². The van der Waals surface area contributed by atoms with Crippen molar-refractivity contribution in [3.8, 4) is 0 Å². The second-order valence-corrected chi connectivity index (χ2v) is 5.02. The topological polar surface area (TPSA) is 53.0 Å². The van der Waals surface area contributed by atoms with E-state index in [0.717, 1.165) is 18.8 Å². The summed E-state index contributed by atoms with van der Waals surface area (Å²) in [6.07, 6.45) is 6.81. The Kier molecular flexibility index (Phi) is 5.03. The van der Waals surface area contributed by atoms with Gasteiger partial charge in [-0.05, 0) is 12.3 Å². The molecule has 2 atom stereocenters. The van der Waals surface area contributed by atoms with Crippen molar-refractivity contribution in [1.29, 1.82) is 0 Å². The standard InChI is InChI=1S/C12H24O3/c1-10(2)8-6-4-3-5-7-9-12(14)11(13)15-12/h10-11,13-14H,3-9H2,1-2H3. The van der Waals surface area contributed by atoms with Gasteiger partial charge in [-0.1, -0.05) is 46.0 Å². The Balaban J connectivity index is 1.82. The number of rotatable bonds is 8. The Hall–Kier alpha value is -0.120. The molecule has 90 valence electrons. The van der Waals surface area contributed by atoms with Crippen molar-refractivity contribution in [2.75, 3.05) is 0 Å². The molecule has 2 unspecified atom stereocenters. The average Bonchev–Trinajstić information content (AvgIpc) is 2.73. The highest BCUT2D eigenvalue weighted by molar-refractivity contribution is 4.83. The lowest BCUT2D eigenvalue weighted by atomic mass is 10.0. The van der Waals surface area contributed by atoms with E-state index in [0.29, 0.717) is 6.42 Å². The third-order valence-electron chi connectivity index (χ3n) is 2.96. The monoisotopic (exact) mass is 216 g/mol. The quantitative estimate of drug-likeness (QED) is 0.484. The molecule has 0 aromatic heterocycles. The van der Waals surface area contributed by atoms with Crippen LogP contribution in [-0.2, 0) is 4.74 Å². The van der Waals surface area contributed by atoms with Crippen LogP contribution in [0.25, 0.3) is 0 Å². The van der Waals surface area contributed by atoms with E-state index in [2.05, 4.69) is 18.6 Å². The molecular formula is C12H24O3. The second-order valence-electron chi connectivity index (χ2n) is 5.02. The number of hydrogen-bond acceptors (Lipinski definition) is 3. The van der Waals surface area contributed by atoms with Gasteiger partial charge in [0.05, 0.1) is 0 Å². The van der Waals surface area contributed by atoms with Gasteiger partial charge in [0.25, 0.3) is 0 Å². The van der Waals surface area contributed by atoms with Crippen molar-refractivity contribution in [3.05, 3.63) is 0 Å². The van der Waals surface area contributed by atoms with Crippen LogP contribution in [0.3, 0.4) is 0 Å². The van der Waals surface area contributed by atoms with Crippen LogP contribution in [0.1, 0.15) is 58.8 Å². The molecule has 1 rings (SSSR count). The first-order valence-corrected chi connectivity index (χ1v) is 6.13. The summed E-state index contributed by atoms with van der Waals surface area (Å²) in [5.41, 5.74) is 0. The van der Waals surface area contributed by atoms with Crippen molar-refractivity contribution in [2.24, 2.45) is 5.92 Å². The van der Waals surface area contributed by atoms with Crippen molar-refractivity contribution in [3.63, 3.8) is 0 Å². The summed E-state index contributed by atoms with van der Waals surface area (Å²) in [6, 6.07) is 0. The predicted molar refractivity (Wildman–Crippen MR) is 59.2 cm³/mol. The van der Waals surface area contributed by atoms with E-state index >= 15 is 0 Å². The first-order chi connectivity index (χ1) is 7.04. The fourth-order valence-corrected chi connectivity index (χ4v) is 1.80. The van der Waals surface area contributed by atoms with Gasteiger partial charge in [0.1, 0.15) is 0 Å². The van der Waals surface area contributed by atoms with Crippen LogP contribution in [0, 0.1) is 5.92 Å². The van der Waals surface area contributed by atoms with E-state index < -0.39 is 12.1 Å². The zero-order chi connectivity index (χ0) is 11.3. The van der Waals surface area contributed by atoms with E-state index in [4.69, 9.17) is 5.11 Å². The molecule has 3 nitrogen and oxygen atoms in total. The Morgan fingerprint density at radius 2 is 1.67 bits per heavy atom. The van der Waals surface area contributed by atoms with Crippen molar-refractivity contribution >= 4 is 0 Å². The summed E-state index contributed by atoms with van der Waals surface area (Å²) >= 11 is 0. The van der Waals surface area contributed by atoms with Crippen LogP contribution in [0.2, 0.25) is 0 Å². The van der Waals surface area contributed by atoms with Gasteiger partial charge in [0, 0.05) is 6.42 Å². The third kappa shape index (κ3) is 4.96. The highest BCUT2D eigenvalue weighted by atomic mass is 16.8. The maximum Gasteiger partial charge on any atom is 0.220 e. The lowest BCUT2D eigenvalue weighted by Gasteiger charge is -2.05. The molecule has 1 fully saturated rings. The van der Waals surface area contributed by atoms with Crippen molar-refractivity contribution < 1.29 is 14.9 Å². The normalized spacial score (nSPS) is 29.8. The van der Waals surface area contributed by atoms with Crippen LogP contribution in [0.15, 0.2) is 0 Å². The van der Waals surface area contributed by atoms with Gasteiger partial charge in [-0.15, -0.1) is 0 Å². The molecule has 1 aliphatic heterocycles. The molecule has 0 aliphatic carbocycles. The lowest BCUT2D eigenvalue weighted by molar-refractivity contribution is 0.0252. The Morgan fingerprint density at radius 3 is 2.20 bits per heavy atom. The smallest absolute Gasteiger partial charge is 0.220 e. The molecule has 1 heterocycles. The van der Waals surface area contributed by atoms with Gasteiger partial charge in [0.15, 0.2) is 0 Å². The minimum Gasteiger partial charge on any atom is -0.364 e. The van der Waals surface area contributed by atoms with Crippen LogP contribution in [-0.4, -0.2) is 22.3 Å². The number of unbranched alkanes of at least 4 members (excludes halogenated alkanes) is 4. The summed E-state index contributed by atoms with van der Waals surface area (Å²) < 4.78 is 4.67. The van der Waals surface area contributed by atoms with Gasteiger partial charge in [-0.25, -0.2) is 0 Å². The highest BCUT2D eigenvalue weighted by Crippen LogP contribution is 2.36. The zero-order valence-corrected chi connectivity index (χ0v) is 9.91. The number of epoxide rings is 1. The van der Waals surface area contributed by atoms with E-state index in [1.807, 2.05) is 0 Å². The highest BCUT2D eigenvalue weighted by Gasteiger charge is 2.53. The maximum atomic E-state index is 9.40. The summed E-state index contributed by atoms with van der Waals surface area (Å²) in [5.74, 6) is -0.390. The molecule has 0 amide bonds. The summed E-state index contributed by atoms with van der Waals surface area (Å²) in [5, 5.41) is 18.3. The second kappa shape index (κ2) is 5.83. The molecular weight excluding hydrogens is 192 g/mol. The molecule has 1 aliphatic rings. The maximum absolute atomic E-state index is 9.40. The number of aliphatic hydroxyl groups excluding tert-OH is 1. The van der Waals surface area contributed by atoms with Gasteiger partial charge in [-0.3, -0.25) is 0 Å². The minimum absolute atomic E-state index is 0.568. The molecule has 0 radical (unpaired) electrons. The number of ether oxygens (including phenoxy) is 1. The Morgan fingerprint density at radius 1 is 1.13 bits per heavy atom. The molecule has 0 saturated carbocycles. The van der Waals surface area contributed by atoms with E-state index in [1.54, 1.807) is 0 Å². The average molecular weight is 216 g/mol. The number of aliphatic hydroxyl groups is 2. The minimum atomic E-state index is -1.20. The Labute approximate surface area is 92.4 Å². The van der Waals surface area contributed by atoms with Crippen molar-refractivity contribution in [1.82, 2.24) is 0 Å². The molecule has 3 heteroatoms. The van der Waals surface area contributed by atoms with Crippen LogP contribution in [0.4, 0.5) is 0 Å². The fourth-order valence-electron chi connectivity index (χ4n) is 1.80. The molecule has 15 heavy (non-hydrogen) atoms. The van der Waals surface area contributed by atoms with Crippen LogP contribution in [0.5, 0.6) is 0 Å². The van der Waals surface area contributed by atoms with E-state index in [9.17, 15) is 5.11 Å². The van der Waals surface area contributed by atoms with E-state index in [1.165, 1.54) is 25.7 Å². The summed E-state index contributed by atoms with van der Waals surface area (Å²) in [4.78, 5) is 0. The fraction of sp³-hybridized carbons (Fsp3) is 1.00. The first-order valence-electron chi connectivity index (χ1n) is 6.13. The molecule has 0 spiro atoms. The number of hydrogen-bond donors (Lipinski definition) is 2. The molecule has 0 bridgehead atoms. The third-order valence-corrected chi connectivity index (χ3v) is 2.96. The summed E-state index contributed by atoms with van der Waals surface area (Å²) in [6.45, 7) is 4.50. The van der Waals surface area contributed by atoms with Gasteiger partial charge in [-0.2, -0.15) is 0 Å².